The Morgan fingerprint density at radius 2 is 1.84 bits per heavy atom. The third-order valence-electron chi connectivity index (χ3n) is 5.69. The molecule has 1 saturated heterocycles. The number of carbonyl (C=O) groups excluding carboxylic acids is 2. The zero-order valence-electron chi connectivity index (χ0n) is 17.4. The van der Waals surface area contributed by atoms with Crippen molar-refractivity contribution < 1.29 is 22.7 Å². The molecule has 0 bridgehead atoms. The van der Waals surface area contributed by atoms with E-state index in [1.807, 2.05) is 30.3 Å². The number of sulfonamides is 1. The van der Waals surface area contributed by atoms with E-state index in [9.17, 15) is 18.0 Å². The second-order valence-electron chi connectivity index (χ2n) is 7.90. The van der Waals surface area contributed by atoms with Crippen molar-refractivity contribution in [2.24, 2.45) is 5.92 Å². The molecule has 8 nitrogen and oxygen atoms in total. The van der Waals surface area contributed by atoms with Crippen LogP contribution >= 0.6 is 0 Å². The topological polar surface area (TPSA) is 105 Å². The number of rotatable bonds is 4. The van der Waals surface area contributed by atoms with Gasteiger partial charge in [-0.2, -0.15) is 4.31 Å². The molecule has 4 rings (SSSR count). The molecule has 2 aromatic rings. The lowest BCUT2D eigenvalue weighted by Crippen LogP contribution is -2.41. The highest BCUT2D eigenvalue weighted by atomic mass is 32.2. The first-order valence-corrected chi connectivity index (χ1v) is 11.7. The summed E-state index contributed by atoms with van der Waals surface area (Å²) in [4.78, 5) is 24.5. The van der Waals surface area contributed by atoms with Gasteiger partial charge in [-0.3, -0.25) is 9.59 Å². The van der Waals surface area contributed by atoms with Gasteiger partial charge in [0.2, 0.25) is 15.9 Å². The molecule has 1 unspecified atom stereocenters. The van der Waals surface area contributed by atoms with E-state index in [0.717, 1.165) is 5.69 Å². The van der Waals surface area contributed by atoms with E-state index in [1.54, 1.807) is 19.9 Å². The second-order valence-corrected chi connectivity index (χ2v) is 9.80. The number of anilines is 2. The molecule has 9 heteroatoms. The molecule has 2 aromatic carbocycles. The first-order valence-electron chi connectivity index (χ1n) is 10.2. The number of hydrogen-bond acceptors (Lipinski definition) is 5. The summed E-state index contributed by atoms with van der Waals surface area (Å²) in [5.74, 6) is -0.256. The maximum absolute atomic E-state index is 13.3. The minimum Gasteiger partial charge on any atom is -0.479 e. The molecule has 1 fully saturated rings. The number of ether oxygens (including phenoxy) is 1. The van der Waals surface area contributed by atoms with Crippen molar-refractivity contribution in [3.05, 3.63) is 48.0 Å². The summed E-state index contributed by atoms with van der Waals surface area (Å²) < 4.78 is 33.6. The number of amides is 2. The molecule has 0 spiro atoms. The van der Waals surface area contributed by atoms with Crippen LogP contribution in [0.4, 0.5) is 11.4 Å². The lowest BCUT2D eigenvalue weighted by Gasteiger charge is -2.31. The van der Waals surface area contributed by atoms with E-state index in [-0.39, 0.29) is 35.7 Å². The average molecular weight is 444 g/mol. The monoisotopic (exact) mass is 443 g/mol. The first-order chi connectivity index (χ1) is 14.8. The van der Waals surface area contributed by atoms with Crippen LogP contribution in [0.15, 0.2) is 47.4 Å². The van der Waals surface area contributed by atoms with E-state index >= 15 is 0 Å². The molecule has 2 amide bonds. The van der Waals surface area contributed by atoms with Crippen LogP contribution in [0, 0.1) is 12.8 Å². The average Bonchev–Trinajstić information content (AvgIpc) is 2.75. The van der Waals surface area contributed by atoms with Gasteiger partial charge in [-0.15, -0.1) is 0 Å². The molecular weight excluding hydrogens is 418 g/mol. The molecule has 2 aliphatic heterocycles. The Labute approximate surface area is 181 Å². The van der Waals surface area contributed by atoms with E-state index in [2.05, 4.69) is 10.6 Å². The highest BCUT2D eigenvalue weighted by molar-refractivity contribution is 7.89. The van der Waals surface area contributed by atoms with Gasteiger partial charge in [-0.1, -0.05) is 18.2 Å². The van der Waals surface area contributed by atoms with E-state index in [4.69, 9.17) is 4.74 Å². The van der Waals surface area contributed by atoms with Crippen molar-refractivity contribution in [3.8, 4) is 5.75 Å². The summed E-state index contributed by atoms with van der Waals surface area (Å²) in [5, 5.41) is 5.62. The van der Waals surface area contributed by atoms with Crippen LogP contribution < -0.4 is 15.4 Å². The van der Waals surface area contributed by atoms with Gasteiger partial charge in [0.05, 0.1) is 10.6 Å². The van der Waals surface area contributed by atoms with E-state index in [1.165, 1.54) is 10.4 Å². The quantitative estimate of drug-likeness (QED) is 0.756. The predicted molar refractivity (Wildman–Crippen MR) is 116 cm³/mol. The van der Waals surface area contributed by atoms with Crippen LogP contribution in [-0.2, 0) is 19.6 Å². The lowest BCUT2D eigenvalue weighted by molar-refractivity contribution is -0.123. The van der Waals surface area contributed by atoms with Gasteiger partial charge in [-0.25, -0.2) is 8.42 Å². The summed E-state index contributed by atoms with van der Waals surface area (Å²) >= 11 is 0. The number of aryl methyl sites for hydroxylation is 1. The molecule has 31 heavy (non-hydrogen) atoms. The highest BCUT2D eigenvalue weighted by Gasteiger charge is 2.34. The largest absolute Gasteiger partial charge is 0.479 e. The standard InChI is InChI=1S/C22H25N3O5S/c1-14-12-18-19(30-15(2)21(26)24-18)13-20(14)31(28,29)25-10-8-16(9-11-25)22(27)23-17-6-4-3-5-7-17/h3-7,12-13,15-16H,8-11H2,1-2H3,(H,23,27)(H,24,26). The second kappa shape index (κ2) is 8.32. The van der Waals surface area contributed by atoms with Gasteiger partial charge in [0.1, 0.15) is 5.75 Å². The summed E-state index contributed by atoms with van der Waals surface area (Å²) in [6.07, 6.45) is 0.210. The minimum atomic E-state index is -3.76. The number of carbonyl (C=O) groups is 2. The number of nitrogens with one attached hydrogen (secondary N) is 2. The van der Waals surface area contributed by atoms with Gasteiger partial charge in [0, 0.05) is 30.8 Å². The number of piperidine rings is 1. The Bertz CT molecular complexity index is 1110. The van der Waals surface area contributed by atoms with Crippen LogP contribution in [0.1, 0.15) is 25.3 Å². The van der Waals surface area contributed by atoms with Crippen molar-refractivity contribution in [1.29, 1.82) is 0 Å². The van der Waals surface area contributed by atoms with Crippen LogP contribution in [0.3, 0.4) is 0 Å². The van der Waals surface area contributed by atoms with Gasteiger partial charge in [0.25, 0.3) is 5.91 Å². The number of nitrogens with zero attached hydrogens (tertiary/aromatic N) is 1. The normalized spacial score (nSPS) is 19.8. The van der Waals surface area contributed by atoms with Crippen LogP contribution in [0.2, 0.25) is 0 Å². The predicted octanol–water partition coefficient (Wildman–Crippen LogP) is 2.75. The SMILES string of the molecule is Cc1cc2c(cc1S(=O)(=O)N1CCC(C(=O)Nc3ccccc3)CC1)OC(C)C(=O)N2. The first kappa shape index (κ1) is 21.3. The summed E-state index contributed by atoms with van der Waals surface area (Å²) in [5.41, 5.74) is 1.73. The molecule has 0 radical (unpaired) electrons. The fraction of sp³-hybridized carbons (Fsp3) is 0.364. The molecule has 0 aliphatic carbocycles. The van der Waals surface area contributed by atoms with Gasteiger partial charge < -0.3 is 15.4 Å². The third kappa shape index (κ3) is 4.28. The van der Waals surface area contributed by atoms with Gasteiger partial charge in [0.15, 0.2) is 6.10 Å². The molecule has 0 aromatic heterocycles. The number of para-hydroxylation sites is 1. The van der Waals surface area contributed by atoms with E-state index < -0.39 is 16.1 Å². The maximum atomic E-state index is 13.3. The fourth-order valence-corrected chi connectivity index (χ4v) is 5.58. The zero-order chi connectivity index (χ0) is 22.2. The molecule has 164 valence electrons. The number of hydrogen-bond donors (Lipinski definition) is 2. The Hall–Kier alpha value is -2.91. The van der Waals surface area contributed by atoms with Crippen LogP contribution in [-0.4, -0.2) is 43.7 Å². The molecule has 1 atom stereocenters. The fourth-order valence-electron chi connectivity index (χ4n) is 3.88. The number of benzene rings is 2. The number of fused-ring (bicyclic) bond motifs is 1. The lowest BCUT2D eigenvalue weighted by atomic mass is 9.97. The van der Waals surface area contributed by atoms with Crippen molar-refractivity contribution in [3.63, 3.8) is 0 Å². The summed E-state index contributed by atoms with van der Waals surface area (Å²) in [6, 6.07) is 12.3. The third-order valence-corrected chi connectivity index (χ3v) is 7.73. The van der Waals surface area contributed by atoms with E-state index in [0.29, 0.717) is 29.8 Å². The molecule has 2 N–H and O–H groups in total. The van der Waals surface area contributed by atoms with Crippen molar-refractivity contribution in [1.82, 2.24) is 4.31 Å². The Kier molecular flexibility index (Phi) is 5.72. The molecule has 2 heterocycles. The van der Waals surface area contributed by atoms with Crippen LogP contribution in [0.5, 0.6) is 5.75 Å². The smallest absolute Gasteiger partial charge is 0.265 e. The van der Waals surface area contributed by atoms with Gasteiger partial charge >= 0.3 is 0 Å². The molecular formula is C22H25N3O5S. The highest BCUT2D eigenvalue weighted by Crippen LogP contribution is 2.36. The zero-order valence-corrected chi connectivity index (χ0v) is 18.2. The van der Waals surface area contributed by atoms with Crippen molar-refractivity contribution in [2.45, 2.75) is 37.7 Å². The van der Waals surface area contributed by atoms with Gasteiger partial charge in [-0.05, 0) is 50.5 Å². The van der Waals surface area contributed by atoms with Crippen LogP contribution in [0.25, 0.3) is 0 Å². The Balaban J connectivity index is 1.46. The molecule has 0 saturated carbocycles. The summed E-state index contributed by atoms with van der Waals surface area (Å²) in [7, 11) is -3.76. The Morgan fingerprint density at radius 1 is 1.16 bits per heavy atom. The molecule has 2 aliphatic rings. The minimum absolute atomic E-state index is 0.0914. The maximum Gasteiger partial charge on any atom is 0.265 e. The van der Waals surface area contributed by atoms with Crippen molar-refractivity contribution >= 4 is 33.2 Å². The summed E-state index contributed by atoms with van der Waals surface area (Å²) in [6.45, 7) is 3.83. The Morgan fingerprint density at radius 3 is 2.52 bits per heavy atom. The van der Waals surface area contributed by atoms with Crippen molar-refractivity contribution in [2.75, 3.05) is 23.7 Å².